The second-order valence-corrected chi connectivity index (χ2v) is 7.09. The van der Waals surface area contributed by atoms with Crippen LogP contribution < -0.4 is 5.32 Å². The van der Waals surface area contributed by atoms with Gasteiger partial charge in [-0.25, -0.2) is 0 Å². The predicted octanol–water partition coefficient (Wildman–Crippen LogP) is 3.17. The second-order valence-electron chi connectivity index (χ2n) is 7.09. The van der Waals surface area contributed by atoms with Gasteiger partial charge in [-0.3, -0.25) is 9.59 Å². The molecule has 1 amide bonds. The first-order valence-electron chi connectivity index (χ1n) is 8.65. The van der Waals surface area contributed by atoms with Crippen molar-refractivity contribution in [3.05, 3.63) is 48.2 Å². The van der Waals surface area contributed by atoms with Crippen LogP contribution in [0.25, 0.3) is 10.9 Å². The number of nitrogens with one attached hydrogen (secondary N) is 1. The smallest absolute Gasteiger partial charge is 0.239 e. The summed E-state index contributed by atoms with van der Waals surface area (Å²) in [6, 6.07) is 7.74. The lowest BCUT2D eigenvalue weighted by Gasteiger charge is -2.18. The van der Waals surface area contributed by atoms with E-state index in [0.717, 1.165) is 23.4 Å². The molecule has 1 heterocycles. The van der Waals surface area contributed by atoms with E-state index >= 15 is 0 Å². The van der Waals surface area contributed by atoms with Gasteiger partial charge in [0.1, 0.15) is 6.54 Å². The standard InChI is InChI=1S/C20H22N2O2/c1-13(23)18-11-22(19-5-3-2-4-17(18)19)12-20(24)21-10-16-9-14-6-7-15(16)8-14/h2-7,11,14-16H,8-10,12H2,1H3,(H,21,24)/t14-,15-,16+/m0/s1. The van der Waals surface area contributed by atoms with Gasteiger partial charge in [-0.15, -0.1) is 0 Å². The number of allylic oxidation sites excluding steroid dienone is 2. The summed E-state index contributed by atoms with van der Waals surface area (Å²) < 4.78 is 1.88. The number of ketones is 1. The first kappa shape index (κ1) is 15.2. The fraction of sp³-hybridized carbons (Fsp3) is 0.400. The van der Waals surface area contributed by atoms with Crippen molar-refractivity contribution >= 4 is 22.6 Å². The van der Waals surface area contributed by atoms with E-state index in [1.807, 2.05) is 28.8 Å². The van der Waals surface area contributed by atoms with E-state index in [4.69, 9.17) is 0 Å². The first-order chi connectivity index (χ1) is 11.6. The molecule has 1 saturated carbocycles. The lowest BCUT2D eigenvalue weighted by molar-refractivity contribution is -0.121. The predicted molar refractivity (Wildman–Crippen MR) is 93.8 cm³/mol. The number of rotatable bonds is 5. The third-order valence-corrected chi connectivity index (χ3v) is 5.46. The average molecular weight is 322 g/mol. The van der Waals surface area contributed by atoms with Gasteiger partial charge in [-0.05, 0) is 43.6 Å². The molecule has 2 bridgehead atoms. The number of amides is 1. The van der Waals surface area contributed by atoms with Gasteiger partial charge in [0, 0.05) is 29.2 Å². The molecule has 2 aliphatic carbocycles. The number of nitrogens with zero attached hydrogens (tertiary/aromatic N) is 1. The van der Waals surface area contributed by atoms with Crippen LogP contribution in [0.3, 0.4) is 0 Å². The highest BCUT2D eigenvalue weighted by atomic mass is 16.2. The van der Waals surface area contributed by atoms with Crippen LogP contribution in [0.15, 0.2) is 42.6 Å². The topological polar surface area (TPSA) is 51.1 Å². The second kappa shape index (κ2) is 5.93. The highest BCUT2D eigenvalue weighted by molar-refractivity contribution is 6.07. The molecule has 2 aliphatic rings. The Labute approximate surface area is 141 Å². The Hall–Kier alpha value is -2.36. The van der Waals surface area contributed by atoms with Crippen molar-refractivity contribution in [1.82, 2.24) is 9.88 Å². The minimum atomic E-state index is 0.0117. The van der Waals surface area contributed by atoms with E-state index in [-0.39, 0.29) is 18.2 Å². The number of hydrogen-bond donors (Lipinski definition) is 1. The van der Waals surface area contributed by atoms with Crippen molar-refractivity contribution in [2.75, 3.05) is 6.54 Å². The normalized spacial score (nSPS) is 24.6. The van der Waals surface area contributed by atoms with Crippen LogP contribution in [-0.4, -0.2) is 22.8 Å². The zero-order chi connectivity index (χ0) is 16.7. The molecule has 24 heavy (non-hydrogen) atoms. The van der Waals surface area contributed by atoms with Crippen molar-refractivity contribution in [2.24, 2.45) is 17.8 Å². The molecule has 3 atom stereocenters. The van der Waals surface area contributed by atoms with Crippen molar-refractivity contribution < 1.29 is 9.59 Å². The van der Waals surface area contributed by atoms with Crippen LogP contribution in [0.2, 0.25) is 0 Å². The van der Waals surface area contributed by atoms with Crippen molar-refractivity contribution in [2.45, 2.75) is 26.3 Å². The minimum absolute atomic E-state index is 0.0117. The van der Waals surface area contributed by atoms with E-state index in [0.29, 0.717) is 17.4 Å². The summed E-state index contributed by atoms with van der Waals surface area (Å²) >= 11 is 0. The van der Waals surface area contributed by atoms with Crippen LogP contribution in [-0.2, 0) is 11.3 Å². The molecule has 0 aliphatic heterocycles. The number of para-hydroxylation sites is 1. The van der Waals surface area contributed by atoms with E-state index in [2.05, 4.69) is 17.5 Å². The molecule has 1 aromatic heterocycles. The summed E-state index contributed by atoms with van der Waals surface area (Å²) in [6.45, 7) is 2.57. The maximum atomic E-state index is 12.4. The number of hydrogen-bond acceptors (Lipinski definition) is 2. The largest absolute Gasteiger partial charge is 0.354 e. The van der Waals surface area contributed by atoms with Gasteiger partial charge in [0.05, 0.1) is 0 Å². The molecular weight excluding hydrogens is 300 g/mol. The highest BCUT2D eigenvalue weighted by Crippen LogP contribution is 2.42. The van der Waals surface area contributed by atoms with Gasteiger partial charge in [0.25, 0.3) is 0 Å². The molecular formula is C20H22N2O2. The summed E-state index contributed by atoms with van der Waals surface area (Å²) in [5.41, 5.74) is 1.61. The Balaban J connectivity index is 1.45. The average Bonchev–Trinajstić information content (AvgIpc) is 3.27. The third-order valence-electron chi connectivity index (χ3n) is 5.46. The summed E-state index contributed by atoms with van der Waals surface area (Å²) in [7, 11) is 0. The van der Waals surface area contributed by atoms with Crippen LogP contribution in [0.1, 0.15) is 30.1 Å². The van der Waals surface area contributed by atoms with Crippen molar-refractivity contribution in [3.63, 3.8) is 0 Å². The van der Waals surface area contributed by atoms with Crippen LogP contribution in [0.5, 0.6) is 0 Å². The zero-order valence-electron chi connectivity index (χ0n) is 13.9. The molecule has 4 heteroatoms. The maximum Gasteiger partial charge on any atom is 0.239 e. The van der Waals surface area contributed by atoms with Crippen LogP contribution in [0.4, 0.5) is 0 Å². The van der Waals surface area contributed by atoms with Gasteiger partial charge in [-0.1, -0.05) is 30.4 Å². The van der Waals surface area contributed by atoms with Gasteiger partial charge in [0.2, 0.25) is 5.91 Å². The fourth-order valence-corrected chi connectivity index (χ4v) is 4.24. The molecule has 1 aromatic carbocycles. The first-order valence-corrected chi connectivity index (χ1v) is 8.65. The summed E-state index contributed by atoms with van der Waals surface area (Å²) in [5.74, 6) is 1.99. The summed E-state index contributed by atoms with van der Waals surface area (Å²) in [6.07, 6.45) is 8.88. The number of benzene rings is 1. The van der Waals surface area contributed by atoms with Crippen LogP contribution >= 0.6 is 0 Å². The van der Waals surface area contributed by atoms with Crippen LogP contribution in [0, 0.1) is 17.8 Å². The SMILES string of the molecule is CC(=O)c1cn(CC(=O)NC[C@H]2C[C@H]3C=C[C@H]2C3)c2ccccc12. The molecule has 4 nitrogen and oxygen atoms in total. The number of carbonyl (C=O) groups is 2. The number of carbonyl (C=O) groups excluding carboxylic acids is 2. The molecule has 0 radical (unpaired) electrons. The molecule has 1 N–H and O–H groups in total. The molecule has 0 unspecified atom stereocenters. The lowest BCUT2D eigenvalue weighted by Crippen LogP contribution is -2.33. The van der Waals surface area contributed by atoms with E-state index in [1.165, 1.54) is 12.8 Å². The Kier molecular flexibility index (Phi) is 3.75. The Morgan fingerprint density at radius 2 is 2.04 bits per heavy atom. The molecule has 1 fully saturated rings. The van der Waals surface area contributed by atoms with E-state index in [1.54, 1.807) is 13.1 Å². The Bertz CT molecular complexity index is 833. The Morgan fingerprint density at radius 1 is 1.21 bits per heavy atom. The number of fused-ring (bicyclic) bond motifs is 3. The maximum absolute atomic E-state index is 12.4. The van der Waals surface area contributed by atoms with Gasteiger partial charge in [-0.2, -0.15) is 0 Å². The fourth-order valence-electron chi connectivity index (χ4n) is 4.24. The van der Waals surface area contributed by atoms with Gasteiger partial charge < -0.3 is 9.88 Å². The summed E-state index contributed by atoms with van der Waals surface area (Å²) in [4.78, 5) is 24.2. The Morgan fingerprint density at radius 3 is 2.75 bits per heavy atom. The van der Waals surface area contributed by atoms with Crippen molar-refractivity contribution in [3.8, 4) is 0 Å². The monoisotopic (exact) mass is 322 g/mol. The molecule has 0 saturated heterocycles. The van der Waals surface area contributed by atoms with Gasteiger partial charge in [0.15, 0.2) is 5.78 Å². The highest BCUT2D eigenvalue weighted by Gasteiger charge is 2.35. The van der Waals surface area contributed by atoms with E-state index in [9.17, 15) is 9.59 Å². The number of aromatic nitrogens is 1. The van der Waals surface area contributed by atoms with Crippen molar-refractivity contribution in [1.29, 1.82) is 0 Å². The molecule has 124 valence electrons. The van der Waals surface area contributed by atoms with E-state index < -0.39 is 0 Å². The van der Waals surface area contributed by atoms with Gasteiger partial charge >= 0.3 is 0 Å². The molecule has 2 aromatic rings. The molecule has 4 rings (SSSR count). The lowest BCUT2D eigenvalue weighted by atomic mass is 9.94. The number of Topliss-reactive ketones (excluding diaryl/α,β-unsaturated/α-hetero) is 1. The molecule has 0 spiro atoms. The zero-order valence-corrected chi connectivity index (χ0v) is 13.9. The summed E-state index contributed by atoms with van der Waals surface area (Å²) in [5, 5.41) is 4.00. The minimum Gasteiger partial charge on any atom is -0.354 e. The quantitative estimate of drug-likeness (QED) is 0.679. The third kappa shape index (κ3) is 2.66.